The highest BCUT2D eigenvalue weighted by atomic mass is 19.4. The van der Waals surface area contributed by atoms with Crippen LogP contribution in [0.1, 0.15) is 13.3 Å². The maximum Gasteiger partial charge on any atom is 0.445 e. The molecule has 7 heteroatoms. The smallest absolute Gasteiger partial charge is 0.445 e. The third-order valence-electron chi connectivity index (χ3n) is 1.09. The van der Waals surface area contributed by atoms with Gasteiger partial charge in [0.2, 0.25) is 5.83 Å². The lowest BCUT2D eigenvalue weighted by atomic mass is 10.3. The summed E-state index contributed by atoms with van der Waals surface area (Å²) in [5, 5.41) is 0. The first kappa shape index (κ1) is 12.9. The maximum absolute atomic E-state index is 12.3. The predicted molar refractivity (Wildman–Crippen MR) is 36.5 cm³/mol. The number of alkyl halides is 3. The molecule has 0 aliphatic rings. The Hall–Kier alpha value is -1.14. The summed E-state index contributed by atoms with van der Waals surface area (Å²) >= 11 is 0. The molecule has 0 amide bonds. The van der Waals surface area contributed by atoms with E-state index >= 15 is 0 Å². The molecular formula is C7H7F5O2. The lowest BCUT2D eigenvalue weighted by Crippen LogP contribution is -2.12. The van der Waals surface area contributed by atoms with E-state index in [2.05, 4.69) is 4.74 Å². The first-order chi connectivity index (χ1) is 6.29. The van der Waals surface area contributed by atoms with Gasteiger partial charge in [-0.05, 0) is 6.92 Å². The minimum absolute atomic E-state index is 0.111. The van der Waals surface area contributed by atoms with Crippen LogP contribution in [-0.4, -0.2) is 18.8 Å². The highest BCUT2D eigenvalue weighted by molar-refractivity contribution is 5.72. The van der Waals surface area contributed by atoms with E-state index in [0.29, 0.717) is 0 Å². The monoisotopic (exact) mass is 218 g/mol. The number of carbonyl (C=O) groups is 1. The van der Waals surface area contributed by atoms with Gasteiger partial charge in [0.25, 0.3) is 0 Å². The molecule has 0 aliphatic heterocycles. The molecular weight excluding hydrogens is 211 g/mol. The van der Waals surface area contributed by atoms with Gasteiger partial charge in [0.1, 0.15) is 6.42 Å². The van der Waals surface area contributed by atoms with Gasteiger partial charge in [-0.1, -0.05) is 0 Å². The standard InChI is InChI=1S/C7H7F5O2/c1-2-14-5(13)3-4(8)6(9)7(10,11)12/h2-3H2,1H3. The van der Waals surface area contributed by atoms with E-state index in [-0.39, 0.29) is 6.61 Å². The molecule has 0 rings (SSSR count). The third-order valence-corrected chi connectivity index (χ3v) is 1.09. The molecule has 0 aromatic carbocycles. The summed E-state index contributed by atoms with van der Waals surface area (Å²) in [6.07, 6.45) is -6.75. The van der Waals surface area contributed by atoms with Gasteiger partial charge >= 0.3 is 12.1 Å². The van der Waals surface area contributed by atoms with Crippen LogP contribution in [0.3, 0.4) is 0 Å². The van der Waals surface area contributed by atoms with Crippen LogP contribution in [0.4, 0.5) is 22.0 Å². The molecule has 2 nitrogen and oxygen atoms in total. The molecule has 0 aliphatic carbocycles. The molecule has 0 saturated heterocycles. The fourth-order valence-corrected chi connectivity index (χ4v) is 0.570. The van der Waals surface area contributed by atoms with Crippen LogP contribution >= 0.6 is 0 Å². The Morgan fingerprint density at radius 1 is 1.29 bits per heavy atom. The number of hydrogen-bond acceptors (Lipinski definition) is 2. The van der Waals surface area contributed by atoms with Crippen molar-refractivity contribution in [3.8, 4) is 0 Å². The Bertz CT molecular complexity index is 243. The summed E-state index contributed by atoms with van der Waals surface area (Å²) in [6, 6.07) is 0. The molecule has 0 heterocycles. The normalized spacial score (nSPS) is 13.6. The highest BCUT2D eigenvalue weighted by Crippen LogP contribution is 2.30. The molecule has 0 aromatic heterocycles. The molecule has 0 atom stereocenters. The lowest BCUT2D eigenvalue weighted by Gasteiger charge is -2.04. The van der Waals surface area contributed by atoms with Gasteiger partial charge in [-0.2, -0.15) is 17.6 Å². The summed E-state index contributed by atoms with van der Waals surface area (Å²) in [5.41, 5.74) is 0. The van der Waals surface area contributed by atoms with E-state index in [1.54, 1.807) is 0 Å². The average molecular weight is 218 g/mol. The summed E-state index contributed by atoms with van der Waals surface area (Å²) in [7, 11) is 0. The highest BCUT2D eigenvalue weighted by Gasteiger charge is 2.38. The Kier molecular flexibility index (Phi) is 4.52. The minimum Gasteiger partial charge on any atom is -0.466 e. The first-order valence-electron chi connectivity index (χ1n) is 3.56. The van der Waals surface area contributed by atoms with Crippen molar-refractivity contribution in [3.63, 3.8) is 0 Å². The Morgan fingerprint density at radius 2 is 1.79 bits per heavy atom. The number of ether oxygens (including phenoxy) is 1. The molecule has 14 heavy (non-hydrogen) atoms. The molecule has 82 valence electrons. The van der Waals surface area contributed by atoms with Crippen molar-refractivity contribution in [2.45, 2.75) is 19.5 Å². The number of halogens is 5. The van der Waals surface area contributed by atoms with Gasteiger partial charge in [0, 0.05) is 0 Å². The topological polar surface area (TPSA) is 26.3 Å². The average Bonchev–Trinajstić information content (AvgIpc) is 2.01. The van der Waals surface area contributed by atoms with Crippen molar-refractivity contribution < 1.29 is 31.5 Å². The van der Waals surface area contributed by atoms with Gasteiger partial charge in [0.05, 0.1) is 6.61 Å². The zero-order chi connectivity index (χ0) is 11.4. The van der Waals surface area contributed by atoms with E-state index in [9.17, 15) is 26.7 Å². The number of allylic oxidation sites excluding steroid dienone is 1. The Morgan fingerprint density at radius 3 is 2.14 bits per heavy atom. The molecule has 0 saturated carbocycles. The Labute approximate surface area is 76.3 Å². The third kappa shape index (κ3) is 4.20. The second-order valence-corrected chi connectivity index (χ2v) is 2.20. The van der Waals surface area contributed by atoms with Crippen LogP contribution in [0.15, 0.2) is 11.7 Å². The zero-order valence-corrected chi connectivity index (χ0v) is 7.12. The van der Waals surface area contributed by atoms with Crippen molar-refractivity contribution in [2.75, 3.05) is 6.61 Å². The number of carbonyl (C=O) groups excluding carboxylic acids is 1. The van der Waals surface area contributed by atoms with Gasteiger partial charge in [0.15, 0.2) is 5.83 Å². The van der Waals surface area contributed by atoms with Crippen LogP contribution in [0.5, 0.6) is 0 Å². The van der Waals surface area contributed by atoms with Crippen molar-refractivity contribution in [2.24, 2.45) is 0 Å². The predicted octanol–water partition coefficient (Wildman–Crippen LogP) is 2.65. The van der Waals surface area contributed by atoms with Crippen LogP contribution in [0.2, 0.25) is 0 Å². The summed E-state index contributed by atoms with van der Waals surface area (Å²) < 4.78 is 63.1. The van der Waals surface area contributed by atoms with Gasteiger partial charge in [-0.25, -0.2) is 4.39 Å². The van der Waals surface area contributed by atoms with Crippen LogP contribution in [-0.2, 0) is 9.53 Å². The van der Waals surface area contributed by atoms with Gasteiger partial charge in [-0.15, -0.1) is 0 Å². The summed E-state index contributed by atoms with van der Waals surface area (Å²) in [5.74, 6) is -6.31. The summed E-state index contributed by atoms with van der Waals surface area (Å²) in [4.78, 5) is 10.5. The zero-order valence-electron chi connectivity index (χ0n) is 7.12. The van der Waals surface area contributed by atoms with E-state index in [4.69, 9.17) is 0 Å². The van der Waals surface area contributed by atoms with Gasteiger partial charge < -0.3 is 4.74 Å². The number of rotatable bonds is 3. The largest absolute Gasteiger partial charge is 0.466 e. The molecule has 0 fully saturated rings. The fraction of sp³-hybridized carbons (Fsp3) is 0.571. The Balaban J connectivity index is 4.46. The molecule has 0 aromatic rings. The van der Waals surface area contributed by atoms with Crippen LogP contribution < -0.4 is 0 Å². The molecule has 0 spiro atoms. The molecule has 0 N–H and O–H groups in total. The van der Waals surface area contributed by atoms with Gasteiger partial charge in [-0.3, -0.25) is 4.79 Å². The van der Waals surface area contributed by atoms with Crippen molar-refractivity contribution in [1.29, 1.82) is 0 Å². The maximum atomic E-state index is 12.3. The van der Waals surface area contributed by atoms with E-state index < -0.39 is 30.2 Å². The van der Waals surface area contributed by atoms with Crippen LogP contribution in [0, 0.1) is 0 Å². The van der Waals surface area contributed by atoms with Crippen LogP contribution in [0.25, 0.3) is 0 Å². The molecule has 0 bridgehead atoms. The second kappa shape index (κ2) is 4.92. The number of hydrogen-bond donors (Lipinski definition) is 0. The SMILES string of the molecule is CCOC(=O)CC(F)=C(F)C(F)(F)F. The fourth-order valence-electron chi connectivity index (χ4n) is 0.570. The van der Waals surface area contributed by atoms with E-state index in [1.807, 2.05) is 0 Å². The van der Waals surface area contributed by atoms with E-state index in [1.165, 1.54) is 6.92 Å². The van der Waals surface area contributed by atoms with Crippen molar-refractivity contribution in [3.05, 3.63) is 11.7 Å². The minimum atomic E-state index is -5.41. The summed E-state index contributed by atoms with van der Waals surface area (Å²) in [6.45, 7) is 1.28. The first-order valence-corrected chi connectivity index (χ1v) is 3.56. The quantitative estimate of drug-likeness (QED) is 0.537. The lowest BCUT2D eigenvalue weighted by molar-refractivity contribution is -0.142. The van der Waals surface area contributed by atoms with E-state index in [0.717, 1.165) is 0 Å². The molecule has 0 radical (unpaired) electrons. The number of esters is 1. The van der Waals surface area contributed by atoms with Crippen molar-refractivity contribution >= 4 is 5.97 Å². The molecule has 0 unspecified atom stereocenters. The van der Waals surface area contributed by atoms with Crippen molar-refractivity contribution in [1.82, 2.24) is 0 Å². The second-order valence-electron chi connectivity index (χ2n) is 2.20.